The molecule has 0 aliphatic heterocycles. The molecule has 0 saturated heterocycles. The number of benzene rings is 2. The summed E-state index contributed by atoms with van der Waals surface area (Å²) in [5, 5.41) is 3.13. The van der Waals surface area contributed by atoms with Gasteiger partial charge in [-0.1, -0.05) is 24.3 Å². The number of hydrogen-bond acceptors (Lipinski definition) is 3. The zero-order valence-corrected chi connectivity index (χ0v) is 12.8. The van der Waals surface area contributed by atoms with E-state index in [0.29, 0.717) is 13.2 Å². The van der Waals surface area contributed by atoms with Crippen LogP contribution in [0.1, 0.15) is 17.5 Å². The lowest BCUT2D eigenvalue weighted by molar-refractivity contribution is 0.247. The van der Waals surface area contributed by atoms with Gasteiger partial charge in [-0.05, 0) is 49.4 Å². The molecule has 0 aliphatic rings. The summed E-state index contributed by atoms with van der Waals surface area (Å²) in [5.74, 6) is 1.83. The molecule has 3 heteroatoms. The molecule has 0 spiro atoms. The molecule has 0 saturated carbocycles. The molecule has 2 rings (SSSR count). The summed E-state index contributed by atoms with van der Waals surface area (Å²) in [7, 11) is 1.94. The van der Waals surface area contributed by atoms with Crippen LogP contribution >= 0.6 is 0 Å². The normalized spacial score (nSPS) is 10.4. The van der Waals surface area contributed by atoms with E-state index in [9.17, 15) is 0 Å². The zero-order chi connectivity index (χ0) is 14.9. The Kier molecular flexibility index (Phi) is 6.10. The van der Waals surface area contributed by atoms with Crippen molar-refractivity contribution in [1.29, 1.82) is 0 Å². The molecule has 112 valence electrons. The topological polar surface area (TPSA) is 30.5 Å². The highest BCUT2D eigenvalue weighted by molar-refractivity contribution is 5.28. The third kappa shape index (κ3) is 5.48. The number of hydrogen-bond donors (Lipinski definition) is 1. The van der Waals surface area contributed by atoms with Crippen molar-refractivity contribution >= 4 is 0 Å². The molecule has 2 aromatic carbocycles. The fourth-order valence-electron chi connectivity index (χ4n) is 2.05. The highest BCUT2D eigenvalue weighted by atomic mass is 16.5. The minimum Gasteiger partial charge on any atom is -0.493 e. The number of nitrogens with one attached hydrogen (secondary N) is 1. The first-order chi connectivity index (χ1) is 10.3. The summed E-state index contributed by atoms with van der Waals surface area (Å²) < 4.78 is 11.4. The summed E-state index contributed by atoms with van der Waals surface area (Å²) in [5.41, 5.74) is 2.47. The van der Waals surface area contributed by atoms with Gasteiger partial charge in [0.25, 0.3) is 0 Å². The lowest BCUT2D eigenvalue weighted by Crippen LogP contribution is -2.06. The van der Waals surface area contributed by atoms with E-state index in [2.05, 4.69) is 30.4 Å². The molecular formula is C18H23NO2. The van der Waals surface area contributed by atoms with Gasteiger partial charge in [0, 0.05) is 13.0 Å². The molecule has 0 unspecified atom stereocenters. The second kappa shape index (κ2) is 8.32. The highest BCUT2D eigenvalue weighted by Gasteiger charge is 1.97. The Bertz CT molecular complexity index is 537. The van der Waals surface area contributed by atoms with Gasteiger partial charge in [-0.3, -0.25) is 0 Å². The van der Waals surface area contributed by atoms with Crippen LogP contribution in [0.4, 0.5) is 0 Å². The predicted molar refractivity (Wildman–Crippen MR) is 86.0 cm³/mol. The van der Waals surface area contributed by atoms with Crippen molar-refractivity contribution in [3.05, 3.63) is 59.7 Å². The summed E-state index contributed by atoms with van der Waals surface area (Å²) in [6.45, 7) is 4.27. The van der Waals surface area contributed by atoms with Crippen molar-refractivity contribution in [3.63, 3.8) is 0 Å². The van der Waals surface area contributed by atoms with Crippen molar-refractivity contribution < 1.29 is 9.47 Å². The minimum absolute atomic E-state index is 0.664. The van der Waals surface area contributed by atoms with Crippen molar-refractivity contribution in [2.24, 2.45) is 0 Å². The van der Waals surface area contributed by atoms with E-state index in [0.717, 1.165) is 24.5 Å². The maximum atomic E-state index is 5.70. The smallest absolute Gasteiger partial charge is 0.119 e. The first-order valence-corrected chi connectivity index (χ1v) is 7.34. The maximum Gasteiger partial charge on any atom is 0.119 e. The summed E-state index contributed by atoms with van der Waals surface area (Å²) in [4.78, 5) is 0. The summed E-state index contributed by atoms with van der Waals surface area (Å²) in [6, 6.07) is 16.3. The lowest BCUT2D eigenvalue weighted by atomic mass is 10.2. The van der Waals surface area contributed by atoms with Crippen LogP contribution in [0.25, 0.3) is 0 Å². The Morgan fingerprint density at radius 3 is 2.29 bits per heavy atom. The van der Waals surface area contributed by atoms with Gasteiger partial charge in [0.05, 0.1) is 13.2 Å². The fourth-order valence-corrected chi connectivity index (χ4v) is 2.05. The summed E-state index contributed by atoms with van der Waals surface area (Å²) >= 11 is 0. The van der Waals surface area contributed by atoms with Crippen LogP contribution in [0.2, 0.25) is 0 Å². The average molecular weight is 285 g/mol. The minimum atomic E-state index is 0.664. The van der Waals surface area contributed by atoms with Crippen molar-refractivity contribution in [1.82, 2.24) is 5.32 Å². The quantitative estimate of drug-likeness (QED) is 0.752. The van der Waals surface area contributed by atoms with Crippen LogP contribution < -0.4 is 14.8 Å². The van der Waals surface area contributed by atoms with Crippen LogP contribution in [0.15, 0.2) is 48.5 Å². The maximum absolute atomic E-state index is 5.70. The SMILES string of the molecule is CNCc1ccc(OCCCOc2cccc(C)c2)cc1. The first-order valence-electron chi connectivity index (χ1n) is 7.34. The molecule has 0 bridgehead atoms. The number of aryl methyl sites for hydroxylation is 1. The van der Waals surface area contributed by atoms with Crippen molar-refractivity contribution in [2.45, 2.75) is 19.9 Å². The zero-order valence-electron chi connectivity index (χ0n) is 12.8. The molecule has 1 N–H and O–H groups in total. The van der Waals surface area contributed by atoms with Gasteiger partial charge in [0.15, 0.2) is 0 Å². The Morgan fingerprint density at radius 1 is 0.905 bits per heavy atom. The Hall–Kier alpha value is -2.00. The van der Waals surface area contributed by atoms with Gasteiger partial charge in [0.1, 0.15) is 11.5 Å². The molecule has 0 heterocycles. The Morgan fingerprint density at radius 2 is 1.62 bits per heavy atom. The van der Waals surface area contributed by atoms with Gasteiger partial charge in [0.2, 0.25) is 0 Å². The van der Waals surface area contributed by atoms with E-state index in [-0.39, 0.29) is 0 Å². The van der Waals surface area contributed by atoms with Crippen LogP contribution in [0.3, 0.4) is 0 Å². The van der Waals surface area contributed by atoms with E-state index in [4.69, 9.17) is 9.47 Å². The molecule has 21 heavy (non-hydrogen) atoms. The van der Waals surface area contributed by atoms with Gasteiger partial charge in [-0.2, -0.15) is 0 Å². The highest BCUT2D eigenvalue weighted by Crippen LogP contribution is 2.14. The van der Waals surface area contributed by atoms with E-state index in [1.807, 2.05) is 37.4 Å². The molecule has 3 nitrogen and oxygen atoms in total. The molecule has 0 amide bonds. The van der Waals surface area contributed by atoms with Crippen LogP contribution in [0, 0.1) is 6.92 Å². The van der Waals surface area contributed by atoms with Crippen LogP contribution in [-0.2, 0) is 6.54 Å². The predicted octanol–water partition coefficient (Wildman–Crippen LogP) is 3.56. The van der Waals surface area contributed by atoms with Gasteiger partial charge in [-0.15, -0.1) is 0 Å². The van der Waals surface area contributed by atoms with Crippen molar-refractivity contribution in [3.8, 4) is 11.5 Å². The Balaban J connectivity index is 1.65. The second-order valence-corrected chi connectivity index (χ2v) is 5.04. The second-order valence-electron chi connectivity index (χ2n) is 5.04. The van der Waals surface area contributed by atoms with Gasteiger partial charge >= 0.3 is 0 Å². The standard InChI is InChI=1S/C18H23NO2/c1-15-5-3-6-18(13-15)21-12-4-11-20-17-9-7-16(8-10-17)14-19-2/h3,5-10,13,19H,4,11-12,14H2,1-2H3. The summed E-state index contributed by atoms with van der Waals surface area (Å²) in [6.07, 6.45) is 0.867. The fraction of sp³-hybridized carbons (Fsp3) is 0.333. The van der Waals surface area contributed by atoms with E-state index >= 15 is 0 Å². The molecule has 0 aliphatic carbocycles. The third-order valence-corrected chi connectivity index (χ3v) is 3.12. The molecule has 0 radical (unpaired) electrons. The van der Waals surface area contributed by atoms with Gasteiger partial charge < -0.3 is 14.8 Å². The van der Waals surface area contributed by atoms with Crippen LogP contribution in [-0.4, -0.2) is 20.3 Å². The molecule has 2 aromatic rings. The Labute approximate surface area is 126 Å². The molecule has 0 atom stereocenters. The molecule has 0 fully saturated rings. The van der Waals surface area contributed by atoms with Gasteiger partial charge in [-0.25, -0.2) is 0 Å². The molecule has 0 aromatic heterocycles. The van der Waals surface area contributed by atoms with Crippen molar-refractivity contribution in [2.75, 3.05) is 20.3 Å². The third-order valence-electron chi connectivity index (χ3n) is 3.12. The largest absolute Gasteiger partial charge is 0.493 e. The van der Waals surface area contributed by atoms with E-state index in [1.54, 1.807) is 0 Å². The van der Waals surface area contributed by atoms with Crippen LogP contribution in [0.5, 0.6) is 11.5 Å². The number of ether oxygens (including phenoxy) is 2. The monoisotopic (exact) mass is 285 g/mol. The number of rotatable bonds is 8. The van der Waals surface area contributed by atoms with E-state index in [1.165, 1.54) is 11.1 Å². The lowest BCUT2D eigenvalue weighted by Gasteiger charge is -2.09. The molecular weight excluding hydrogens is 262 g/mol. The first kappa shape index (κ1) is 15.4. The van der Waals surface area contributed by atoms with E-state index < -0.39 is 0 Å². The average Bonchev–Trinajstić information content (AvgIpc) is 2.49.